The van der Waals surface area contributed by atoms with Crippen molar-refractivity contribution >= 4 is 28.6 Å². The van der Waals surface area contributed by atoms with E-state index in [2.05, 4.69) is 4.98 Å². The largest absolute Gasteiger partial charge is 0.490 e. The maximum Gasteiger partial charge on any atom is 0.312 e. The first kappa shape index (κ1) is 17.1. The van der Waals surface area contributed by atoms with Gasteiger partial charge in [0.15, 0.2) is 0 Å². The molecule has 0 bridgehead atoms. The van der Waals surface area contributed by atoms with Gasteiger partial charge < -0.3 is 9.47 Å². The molecule has 0 spiro atoms. The second-order valence-corrected chi connectivity index (χ2v) is 6.81. The predicted molar refractivity (Wildman–Crippen MR) is 96.7 cm³/mol. The maximum atomic E-state index is 11.9. The van der Waals surface area contributed by atoms with E-state index in [1.54, 1.807) is 35.6 Å². The quantitative estimate of drug-likeness (QED) is 0.466. The number of thiazole rings is 1. The topological polar surface area (TPSA) is 72.2 Å². The Hall–Kier alpha value is -2.69. The number of nitrogens with zero attached hydrogens (tertiary/aromatic N) is 2. The Balaban J connectivity index is 1.40. The van der Waals surface area contributed by atoms with Gasteiger partial charge in [-0.15, -0.1) is 22.7 Å². The van der Waals surface area contributed by atoms with Crippen LogP contribution in [0.15, 0.2) is 47.2 Å². The molecule has 0 aliphatic rings. The zero-order valence-corrected chi connectivity index (χ0v) is 14.8. The van der Waals surface area contributed by atoms with Gasteiger partial charge in [-0.3, -0.25) is 4.79 Å². The summed E-state index contributed by atoms with van der Waals surface area (Å²) >= 11 is 3.14. The lowest BCUT2D eigenvalue weighted by Crippen LogP contribution is -2.14. The average molecular weight is 370 g/mol. The van der Waals surface area contributed by atoms with Gasteiger partial charge in [-0.1, -0.05) is 6.07 Å². The molecular weight excluding hydrogens is 356 g/mol. The molecule has 2 aromatic heterocycles. The molecule has 0 N–H and O–H groups in total. The van der Waals surface area contributed by atoms with Crippen molar-refractivity contribution in [2.75, 3.05) is 13.2 Å². The fourth-order valence-corrected chi connectivity index (χ4v) is 3.68. The summed E-state index contributed by atoms with van der Waals surface area (Å²) in [7, 11) is 0. The summed E-state index contributed by atoms with van der Waals surface area (Å²) in [5.41, 5.74) is 1.29. The summed E-state index contributed by atoms with van der Waals surface area (Å²) in [6.07, 6.45) is 0.152. The first-order valence-electron chi connectivity index (χ1n) is 7.51. The van der Waals surface area contributed by atoms with Crippen LogP contribution in [0.3, 0.4) is 0 Å². The Labute approximate surface area is 153 Å². The van der Waals surface area contributed by atoms with Crippen LogP contribution in [-0.4, -0.2) is 24.2 Å². The molecule has 126 valence electrons. The molecule has 3 rings (SSSR count). The van der Waals surface area contributed by atoms with Crippen LogP contribution in [-0.2, 0) is 16.0 Å². The molecule has 2 heterocycles. The second kappa shape index (κ2) is 8.42. The van der Waals surface area contributed by atoms with E-state index in [4.69, 9.17) is 14.7 Å². The number of aromatic nitrogens is 1. The minimum absolute atomic E-state index is 0.152. The summed E-state index contributed by atoms with van der Waals surface area (Å²) < 4.78 is 10.6. The van der Waals surface area contributed by atoms with Crippen molar-refractivity contribution in [2.24, 2.45) is 0 Å². The number of esters is 1. The Bertz CT molecular complexity index is 865. The van der Waals surface area contributed by atoms with Crippen molar-refractivity contribution in [3.8, 4) is 21.7 Å². The fourth-order valence-electron chi connectivity index (χ4n) is 2.04. The number of ether oxygens (including phenoxy) is 2. The number of carbonyl (C=O) groups excluding carboxylic acids is 1. The van der Waals surface area contributed by atoms with E-state index in [0.717, 1.165) is 9.88 Å². The van der Waals surface area contributed by atoms with Gasteiger partial charge in [0.1, 0.15) is 24.0 Å². The normalized spacial score (nSPS) is 10.2. The zero-order chi connectivity index (χ0) is 17.5. The van der Waals surface area contributed by atoms with Crippen LogP contribution in [0.5, 0.6) is 5.75 Å². The first-order valence-corrected chi connectivity index (χ1v) is 9.27. The van der Waals surface area contributed by atoms with Crippen molar-refractivity contribution in [1.82, 2.24) is 4.98 Å². The van der Waals surface area contributed by atoms with Crippen LogP contribution in [0.25, 0.3) is 9.88 Å². The molecule has 0 aliphatic heterocycles. The smallest absolute Gasteiger partial charge is 0.312 e. The van der Waals surface area contributed by atoms with Gasteiger partial charge in [-0.05, 0) is 35.7 Å². The average Bonchev–Trinajstić information content (AvgIpc) is 3.31. The van der Waals surface area contributed by atoms with Crippen LogP contribution >= 0.6 is 22.7 Å². The highest BCUT2D eigenvalue weighted by atomic mass is 32.1. The van der Waals surface area contributed by atoms with Crippen molar-refractivity contribution in [3.63, 3.8) is 0 Å². The molecule has 0 atom stereocenters. The van der Waals surface area contributed by atoms with E-state index in [-0.39, 0.29) is 25.6 Å². The second-order valence-electron chi connectivity index (χ2n) is 5.00. The van der Waals surface area contributed by atoms with Gasteiger partial charge in [0.05, 0.1) is 28.6 Å². The SMILES string of the molecule is N#Cc1ccc(OCCOC(=O)Cc2csc(-c3cccs3)n2)cc1. The minimum Gasteiger partial charge on any atom is -0.490 e. The van der Waals surface area contributed by atoms with Crippen molar-refractivity contribution in [1.29, 1.82) is 5.26 Å². The number of rotatable bonds is 7. The molecule has 0 saturated carbocycles. The van der Waals surface area contributed by atoms with E-state index in [0.29, 0.717) is 17.0 Å². The van der Waals surface area contributed by atoms with Crippen LogP contribution < -0.4 is 4.74 Å². The number of hydrogen-bond donors (Lipinski definition) is 0. The third-order valence-electron chi connectivity index (χ3n) is 3.21. The highest BCUT2D eigenvalue weighted by molar-refractivity contribution is 7.20. The summed E-state index contributed by atoms with van der Waals surface area (Å²) in [4.78, 5) is 17.4. The predicted octanol–water partition coefficient (Wildman–Crippen LogP) is 3.91. The van der Waals surface area contributed by atoms with Crippen molar-refractivity contribution < 1.29 is 14.3 Å². The van der Waals surface area contributed by atoms with E-state index in [9.17, 15) is 4.79 Å². The van der Waals surface area contributed by atoms with Gasteiger partial charge >= 0.3 is 5.97 Å². The summed E-state index contributed by atoms with van der Waals surface area (Å²) in [5.74, 6) is 0.307. The fraction of sp³-hybridized carbons (Fsp3) is 0.167. The summed E-state index contributed by atoms with van der Waals surface area (Å²) in [6.45, 7) is 0.426. The highest BCUT2D eigenvalue weighted by Crippen LogP contribution is 2.27. The van der Waals surface area contributed by atoms with Crippen molar-refractivity contribution in [2.45, 2.75) is 6.42 Å². The number of thiophene rings is 1. The Morgan fingerprint density at radius 3 is 2.72 bits per heavy atom. The van der Waals surface area contributed by atoms with Gasteiger partial charge in [-0.2, -0.15) is 5.26 Å². The lowest BCUT2D eigenvalue weighted by molar-refractivity contribution is -0.143. The molecule has 0 fully saturated rings. The minimum atomic E-state index is -0.327. The molecule has 5 nitrogen and oxygen atoms in total. The Morgan fingerprint density at radius 2 is 2.00 bits per heavy atom. The number of hydrogen-bond acceptors (Lipinski definition) is 7. The number of carbonyl (C=O) groups is 1. The molecule has 0 saturated heterocycles. The van der Waals surface area contributed by atoms with E-state index >= 15 is 0 Å². The van der Waals surface area contributed by atoms with E-state index in [1.807, 2.05) is 29.0 Å². The molecule has 7 heteroatoms. The highest BCUT2D eigenvalue weighted by Gasteiger charge is 2.10. The third-order valence-corrected chi connectivity index (χ3v) is 5.14. The molecule has 1 aromatic carbocycles. The molecular formula is C18H14N2O3S2. The van der Waals surface area contributed by atoms with Gasteiger partial charge in [-0.25, -0.2) is 4.98 Å². The van der Waals surface area contributed by atoms with Crippen molar-refractivity contribution in [3.05, 3.63) is 58.4 Å². The lowest BCUT2D eigenvalue weighted by atomic mass is 10.2. The molecule has 0 unspecified atom stereocenters. The summed E-state index contributed by atoms with van der Waals surface area (Å²) in [6, 6.07) is 12.8. The number of benzene rings is 1. The van der Waals surface area contributed by atoms with Crippen LogP contribution in [0.1, 0.15) is 11.3 Å². The first-order chi connectivity index (χ1) is 12.2. The Morgan fingerprint density at radius 1 is 1.16 bits per heavy atom. The van der Waals surface area contributed by atoms with E-state index in [1.165, 1.54) is 11.3 Å². The van der Waals surface area contributed by atoms with Crippen LogP contribution in [0, 0.1) is 11.3 Å². The molecule has 25 heavy (non-hydrogen) atoms. The third kappa shape index (κ3) is 4.89. The van der Waals surface area contributed by atoms with Gasteiger partial charge in [0.25, 0.3) is 0 Å². The Kier molecular flexibility index (Phi) is 5.77. The maximum absolute atomic E-state index is 11.9. The van der Waals surface area contributed by atoms with Crippen LogP contribution in [0.2, 0.25) is 0 Å². The molecule has 0 radical (unpaired) electrons. The summed E-state index contributed by atoms with van der Waals surface area (Å²) in [5, 5.41) is 13.5. The van der Waals surface area contributed by atoms with E-state index < -0.39 is 0 Å². The lowest BCUT2D eigenvalue weighted by Gasteiger charge is -2.07. The number of nitriles is 1. The monoisotopic (exact) mass is 370 g/mol. The van der Waals surface area contributed by atoms with Gasteiger partial charge in [0, 0.05) is 5.38 Å². The molecule has 3 aromatic rings. The standard InChI is InChI=1S/C18H14N2O3S2/c19-11-13-3-5-15(6-4-13)22-7-8-23-17(21)10-14-12-25-18(20-14)16-2-1-9-24-16/h1-6,9,12H,7-8,10H2. The van der Waals surface area contributed by atoms with Crippen LogP contribution in [0.4, 0.5) is 0 Å². The molecule has 0 aliphatic carbocycles. The van der Waals surface area contributed by atoms with Gasteiger partial charge in [0.2, 0.25) is 0 Å². The molecule has 0 amide bonds. The zero-order valence-electron chi connectivity index (χ0n) is 13.2.